The summed E-state index contributed by atoms with van der Waals surface area (Å²) in [7, 11) is 0. The second-order valence-corrected chi connectivity index (χ2v) is 10.6. The number of benzene rings is 3. The Morgan fingerprint density at radius 3 is 2.53 bits per heavy atom. The van der Waals surface area contributed by atoms with E-state index in [1.165, 1.54) is 4.90 Å². The molecule has 0 radical (unpaired) electrons. The smallest absolute Gasteiger partial charge is 0.344 e. The molecule has 1 heterocycles. The molecule has 3 aromatic rings. The van der Waals surface area contributed by atoms with E-state index in [0.29, 0.717) is 28.4 Å². The third kappa shape index (κ3) is 6.57. The third-order valence-corrected chi connectivity index (χ3v) is 7.50. The minimum Gasteiger partial charge on any atom is -0.491 e. The van der Waals surface area contributed by atoms with Gasteiger partial charge in [-0.15, -0.1) is 0 Å². The summed E-state index contributed by atoms with van der Waals surface area (Å²) >= 11 is 2.96. The van der Waals surface area contributed by atoms with Gasteiger partial charge in [0.05, 0.1) is 23.6 Å². The van der Waals surface area contributed by atoms with Crippen LogP contribution in [0.4, 0.5) is 4.79 Å². The summed E-state index contributed by atoms with van der Waals surface area (Å²) in [5.74, 6) is 0.496. The summed E-state index contributed by atoms with van der Waals surface area (Å²) < 4.78 is 17.9. The number of nitrogens with zero attached hydrogens (tertiary/aromatic N) is 1. The van der Waals surface area contributed by atoms with Crippen molar-refractivity contribution in [2.24, 2.45) is 0 Å². The van der Waals surface area contributed by atoms with Crippen LogP contribution in [0.3, 0.4) is 0 Å². The molecule has 0 aromatic heterocycles. The van der Waals surface area contributed by atoms with E-state index < -0.39 is 5.97 Å². The monoisotopic (exact) mass is 643 g/mol. The molecule has 1 fully saturated rings. The van der Waals surface area contributed by atoms with Gasteiger partial charge in [0.2, 0.25) is 0 Å². The molecule has 0 N–H and O–H groups in total. The summed E-state index contributed by atoms with van der Waals surface area (Å²) in [5.41, 5.74) is 3.15. The molecular formula is C29H26INO6S. The number of amides is 2. The zero-order valence-electron chi connectivity index (χ0n) is 21.2. The van der Waals surface area contributed by atoms with Crippen molar-refractivity contribution in [3.63, 3.8) is 0 Å². The number of carbonyl (C=O) groups is 3. The maximum Gasteiger partial charge on any atom is 0.344 e. The Bertz CT molecular complexity index is 1420. The molecule has 0 spiro atoms. The third-order valence-electron chi connectivity index (χ3n) is 5.65. The van der Waals surface area contributed by atoms with E-state index in [4.69, 9.17) is 14.2 Å². The molecule has 196 valence electrons. The fourth-order valence-electron chi connectivity index (χ4n) is 3.70. The van der Waals surface area contributed by atoms with Crippen LogP contribution < -0.4 is 14.2 Å². The summed E-state index contributed by atoms with van der Waals surface area (Å²) in [6, 6.07) is 18.0. The quantitative estimate of drug-likeness (QED) is 0.112. The highest BCUT2D eigenvalue weighted by Crippen LogP contribution is 2.35. The average Bonchev–Trinajstić information content (AvgIpc) is 3.15. The molecule has 38 heavy (non-hydrogen) atoms. The van der Waals surface area contributed by atoms with E-state index in [2.05, 4.69) is 22.6 Å². The molecule has 0 atom stereocenters. The average molecular weight is 643 g/mol. The lowest BCUT2D eigenvalue weighted by atomic mass is 10.1. The number of aryl methyl sites for hydroxylation is 2. The first-order chi connectivity index (χ1) is 18.3. The van der Waals surface area contributed by atoms with E-state index in [1.807, 2.05) is 51.1 Å². The Morgan fingerprint density at radius 1 is 0.974 bits per heavy atom. The van der Waals surface area contributed by atoms with Crippen molar-refractivity contribution in [1.82, 2.24) is 4.90 Å². The van der Waals surface area contributed by atoms with Crippen LogP contribution in [0.5, 0.6) is 17.2 Å². The predicted molar refractivity (Wildman–Crippen MR) is 156 cm³/mol. The van der Waals surface area contributed by atoms with Gasteiger partial charge >= 0.3 is 5.97 Å². The van der Waals surface area contributed by atoms with Crippen molar-refractivity contribution in [2.45, 2.75) is 20.8 Å². The van der Waals surface area contributed by atoms with Crippen molar-refractivity contribution < 1.29 is 28.6 Å². The molecule has 0 unspecified atom stereocenters. The van der Waals surface area contributed by atoms with Gasteiger partial charge in [-0.2, -0.15) is 0 Å². The minimum atomic E-state index is -0.493. The standard InChI is InChI=1S/C29H26INO6S/c1-4-35-25-16-20(11-12-23(25)37-28(33)21-7-5-6-8-22(21)30)17-26-27(32)31(29(34)38-26)13-14-36-24-15-18(2)9-10-19(24)3/h5-12,15-17H,4,13-14H2,1-3H3/b26-17-. The van der Waals surface area contributed by atoms with Gasteiger partial charge in [-0.25, -0.2) is 4.79 Å². The number of rotatable bonds is 9. The van der Waals surface area contributed by atoms with E-state index >= 15 is 0 Å². The summed E-state index contributed by atoms with van der Waals surface area (Å²) in [5, 5.41) is -0.348. The van der Waals surface area contributed by atoms with Gasteiger partial charge in [0.25, 0.3) is 11.1 Å². The van der Waals surface area contributed by atoms with Crippen LogP contribution >= 0.6 is 34.4 Å². The van der Waals surface area contributed by atoms with Crippen LogP contribution in [0.1, 0.15) is 34.0 Å². The normalized spacial score (nSPS) is 14.2. The highest BCUT2D eigenvalue weighted by molar-refractivity contribution is 14.1. The first kappa shape index (κ1) is 27.7. The first-order valence-electron chi connectivity index (χ1n) is 12.0. The largest absolute Gasteiger partial charge is 0.491 e. The Hall–Kier alpha value is -3.31. The fraction of sp³-hybridized carbons (Fsp3) is 0.207. The van der Waals surface area contributed by atoms with Crippen LogP contribution in [0, 0.1) is 17.4 Å². The Balaban J connectivity index is 1.46. The highest BCUT2D eigenvalue weighted by atomic mass is 127. The number of thioether (sulfide) groups is 1. The van der Waals surface area contributed by atoms with Gasteiger partial charge in [0.15, 0.2) is 11.5 Å². The van der Waals surface area contributed by atoms with Crippen LogP contribution in [0.2, 0.25) is 0 Å². The highest BCUT2D eigenvalue weighted by Gasteiger charge is 2.35. The number of esters is 1. The maximum atomic E-state index is 13.0. The van der Waals surface area contributed by atoms with E-state index in [0.717, 1.165) is 32.2 Å². The molecule has 0 bridgehead atoms. The molecule has 3 aromatic carbocycles. The number of hydrogen-bond donors (Lipinski definition) is 0. The molecule has 1 aliphatic heterocycles. The van der Waals surface area contributed by atoms with Crippen molar-refractivity contribution in [3.05, 3.63) is 91.4 Å². The lowest BCUT2D eigenvalue weighted by molar-refractivity contribution is -0.123. The number of ether oxygens (including phenoxy) is 3. The lowest BCUT2D eigenvalue weighted by Gasteiger charge is -2.14. The molecule has 1 saturated heterocycles. The molecular weight excluding hydrogens is 617 g/mol. The molecule has 4 rings (SSSR count). The zero-order chi connectivity index (χ0) is 27.2. The topological polar surface area (TPSA) is 82.1 Å². The lowest BCUT2D eigenvalue weighted by Crippen LogP contribution is -2.32. The molecule has 1 aliphatic rings. The van der Waals surface area contributed by atoms with Crippen molar-refractivity contribution in [3.8, 4) is 17.2 Å². The number of carbonyl (C=O) groups excluding carboxylic acids is 3. The SMILES string of the molecule is CCOc1cc(/C=C2\SC(=O)N(CCOc3cc(C)ccc3C)C2=O)ccc1OC(=O)c1ccccc1I. The second-order valence-electron chi connectivity index (χ2n) is 8.46. The Labute approximate surface area is 239 Å². The Morgan fingerprint density at radius 2 is 1.76 bits per heavy atom. The van der Waals surface area contributed by atoms with E-state index in [1.54, 1.807) is 36.4 Å². The van der Waals surface area contributed by atoms with Crippen molar-refractivity contribution in [2.75, 3.05) is 19.8 Å². The van der Waals surface area contributed by atoms with E-state index in [-0.39, 0.29) is 30.0 Å². The number of hydrogen-bond acceptors (Lipinski definition) is 7. The fourth-order valence-corrected chi connectivity index (χ4v) is 5.18. The second kappa shape index (κ2) is 12.5. The maximum absolute atomic E-state index is 13.0. The van der Waals surface area contributed by atoms with Gasteiger partial charge in [-0.05, 0) is 108 Å². The predicted octanol–water partition coefficient (Wildman–Crippen LogP) is 6.64. The van der Waals surface area contributed by atoms with Crippen molar-refractivity contribution in [1.29, 1.82) is 0 Å². The van der Waals surface area contributed by atoms with Crippen LogP contribution in [-0.2, 0) is 4.79 Å². The van der Waals surface area contributed by atoms with Crippen LogP contribution in [0.25, 0.3) is 6.08 Å². The Kier molecular flexibility index (Phi) is 9.11. The van der Waals surface area contributed by atoms with E-state index in [9.17, 15) is 14.4 Å². The van der Waals surface area contributed by atoms with Gasteiger partial charge in [0, 0.05) is 3.57 Å². The van der Waals surface area contributed by atoms with Crippen molar-refractivity contribution >= 4 is 57.5 Å². The summed E-state index contributed by atoms with van der Waals surface area (Å²) in [6.07, 6.45) is 1.63. The molecule has 0 saturated carbocycles. The summed E-state index contributed by atoms with van der Waals surface area (Å²) in [4.78, 5) is 39.7. The first-order valence-corrected chi connectivity index (χ1v) is 13.9. The van der Waals surface area contributed by atoms with Gasteiger partial charge in [-0.3, -0.25) is 14.5 Å². The van der Waals surface area contributed by atoms with Gasteiger partial charge in [0.1, 0.15) is 12.4 Å². The number of imide groups is 1. The van der Waals surface area contributed by atoms with Gasteiger partial charge < -0.3 is 14.2 Å². The summed E-state index contributed by atoms with van der Waals surface area (Å²) in [6.45, 7) is 6.45. The molecule has 7 nitrogen and oxygen atoms in total. The molecule has 0 aliphatic carbocycles. The minimum absolute atomic E-state index is 0.146. The van der Waals surface area contributed by atoms with Crippen LogP contribution in [0.15, 0.2) is 65.6 Å². The van der Waals surface area contributed by atoms with Crippen LogP contribution in [-0.4, -0.2) is 41.8 Å². The molecule has 2 amide bonds. The van der Waals surface area contributed by atoms with Gasteiger partial charge in [-0.1, -0.05) is 30.3 Å². The number of halogens is 1. The molecule has 9 heteroatoms. The zero-order valence-corrected chi connectivity index (χ0v) is 24.1.